The Hall–Kier alpha value is -2.22. The average Bonchev–Trinajstić information content (AvgIpc) is 3.46. The topological polar surface area (TPSA) is 97.6 Å². The Bertz CT molecular complexity index is 799. The second-order valence-corrected chi connectivity index (χ2v) is 7.98. The molecule has 0 aromatic carbocycles. The molecule has 3 fully saturated rings. The number of likely N-dealkylation sites (tertiary alicyclic amines) is 1. The molecule has 1 N–H and O–H groups in total. The first kappa shape index (κ1) is 16.9. The summed E-state index contributed by atoms with van der Waals surface area (Å²) in [5, 5.41) is 6.73. The van der Waals surface area contributed by atoms with Crippen LogP contribution >= 0.6 is 0 Å². The summed E-state index contributed by atoms with van der Waals surface area (Å²) in [4.78, 5) is 32.3. The van der Waals surface area contributed by atoms with Gasteiger partial charge >= 0.3 is 0 Å². The molecule has 1 saturated carbocycles. The van der Waals surface area contributed by atoms with Gasteiger partial charge in [-0.3, -0.25) is 9.59 Å². The van der Waals surface area contributed by atoms with Crippen molar-refractivity contribution in [2.75, 3.05) is 6.54 Å². The van der Waals surface area contributed by atoms with Gasteiger partial charge in [0.2, 0.25) is 17.7 Å². The highest BCUT2D eigenvalue weighted by molar-refractivity contribution is 5.93. The third kappa shape index (κ3) is 2.53. The molecule has 0 unspecified atom stereocenters. The van der Waals surface area contributed by atoms with Crippen molar-refractivity contribution in [2.24, 2.45) is 11.8 Å². The number of rotatable bonds is 5. The molecule has 0 radical (unpaired) electrons. The van der Waals surface area contributed by atoms with E-state index in [1.807, 2.05) is 24.0 Å². The van der Waals surface area contributed by atoms with E-state index < -0.39 is 17.4 Å². The summed E-state index contributed by atoms with van der Waals surface area (Å²) >= 11 is 0. The summed E-state index contributed by atoms with van der Waals surface area (Å²) in [7, 11) is 0. The number of fused-ring (bicyclic) bond motifs is 1. The van der Waals surface area contributed by atoms with Crippen LogP contribution in [0, 0.1) is 11.8 Å². The largest absolute Gasteiger partial charge is 0.360 e. The molecule has 2 amide bonds. The first-order valence-corrected chi connectivity index (χ1v) is 9.88. The fourth-order valence-corrected chi connectivity index (χ4v) is 5.14. The van der Waals surface area contributed by atoms with E-state index in [9.17, 15) is 9.59 Å². The smallest absolute Gasteiger partial charge is 0.230 e. The van der Waals surface area contributed by atoms with Gasteiger partial charge in [-0.1, -0.05) is 37.1 Å². The van der Waals surface area contributed by atoms with E-state index in [2.05, 4.69) is 15.5 Å². The second-order valence-electron chi connectivity index (χ2n) is 7.98. The van der Waals surface area contributed by atoms with Crippen molar-refractivity contribution in [3.8, 4) is 0 Å². The zero-order chi connectivity index (χ0) is 18.6. The molecule has 2 bridgehead atoms. The van der Waals surface area contributed by atoms with Crippen molar-refractivity contribution in [1.29, 1.82) is 0 Å². The normalized spacial score (nSPS) is 34.6. The third-order valence-corrected chi connectivity index (χ3v) is 6.43. The van der Waals surface area contributed by atoms with Crippen molar-refractivity contribution < 1.29 is 18.8 Å². The number of nitrogens with one attached hydrogen (secondary N) is 1. The number of nitrogens with zero attached hydrogens (tertiary/aromatic N) is 3. The van der Waals surface area contributed by atoms with E-state index in [4.69, 9.17) is 9.26 Å². The Morgan fingerprint density at radius 2 is 2.22 bits per heavy atom. The van der Waals surface area contributed by atoms with Gasteiger partial charge in [0.05, 0.1) is 31.0 Å². The SMILES string of the molecule is CCc1nc(CNC(=O)[C@H]2[C@H]3C=C[C@@]4(CN(C5CCCC5)C(=O)[C@@H]24)O3)no1. The van der Waals surface area contributed by atoms with Crippen LogP contribution in [-0.4, -0.2) is 51.1 Å². The highest BCUT2D eigenvalue weighted by Crippen LogP contribution is 2.52. The molecule has 27 heavy (non-hydrogen) atoms. The lowest BCUT2D eigenvalue weighted by Crippen LogP contribution is -2.44. The first-order valence-electron chi connectivity index (χ1n) is 9.88. The van der Waals surface area contributed by atoms with Gasteiger partial charge in [-0.2, -0.15) is 4.98 Å². The minimum absolute atomic E-state index is 0.0710. The van der Waals surface area contributed by atoms with Crippen molar-refractivity contribution in [2.45, 2.75) is 63.3 Å². The molecule has 144 valence electrons. The monoisotopic (exact) mass is 372 g/mol. The van der Waals surface area contributed by atoms with Gasteiger partial charge in [-0.25, -0.2) is 0 Å². The molecule has 4 heterocycles. The lowest BCUT2D eigenvalue weighted by atomic mass is 9.77. The molecular weight excluding hydrogens is 348 g/mol. The minimum Gasteiger partial charge on any atom is -0.360 e. The van der Waals surface area contributed by atoms with E-state index >= 15 is 0 Å². The lowest BCUT2D eigenvalue weighted by Gasteiger charge is -2.26. The number of aromatic nitrogens is 2. The molecule has 5 rings (SSSR count). The van der Waals surface area contributed by atoms with Gasteiger partial charge in [0.15, 0.2) is 5.82 Å². The van der Waals surface area contributed by atoms with Crippen molar-refractivity contribution in [3.63, 3.8) is 0 Å². The van der Waals surface area contributed by atoms with Crippen molar-refractivity contribution in [3.05, 3.63) is 23.9 Å². The van der Waals surface area contributed by atoms with Crippen LogP contribution in [0.25, 0.3) is 0 Å². The number of carbonyl (C=O) groups is 2. The Morgan fingerprint density at radius 1 is 1.41 bits per heavy atom. The summed E-state index contributed by atoms with van der Waals surface area (Å²) < 4.78 is 11.2. The maximum absolute atomic E-state index is 13.2. The lowest BCUT2D eigenvalue weighted by molar-refractivity contribution is -0.138. The first-order chi connectivity index (χ1) is 13.1. The standard InChI is InChI=1S/C19H24N4O4/c1-2-14-21-13(22-27-14)9-20-17(24)15-12-7-8-19(26-12)10-23(18(25)16(15)19)11-5-3-4-6-11/h7-8,11-12,15-16H,2-6,9-10H2,1H3,(H,20,24)/t12-,15+,16-,19+/m1/s1. The summed E-state index contributed by atoms with van der Waals surface area (Å²) in [6, 6.07) is 0.295. The molecule has 8 heteroatoms. The van der Waals surface area contributed by atoms with Crippen LogP contribution in [0.4, 0.5) is 0 Å². The van der Waals surface area contributed by atoms with Gasteiger partial charge in [0, 0.05) is 12.5 Å². The van der Waals surface area contributed by atoms with E-state index in [1.165, 1.54) is 12.8 Å². The molecule has 1 aromatic rings. The molecule has 1 aliphatic carbocycles. The van der Waals surface area contributed by atoms with E-state index in [0.29, 0.717) is 30.7 Å². The summed E-state index contributed by atoms with van der Waals surface area (Å²) in [6.07, 6.45) is 8.70. The highest BCUT2D eigenvalue weighted by Gasteiger charge is 2.67. The van der Waals surface area contributed by atoms with E-state index in [-0.39, 0.29) is 24.5 Å². The Morgan fingerprint density at radius 3 is 2.96 bits per heavy atom. The van der Waals surface area contributed by atoms with Crippen LogP contribution < -0.4 is 5.32 Å². The van der Waals surface area contributed by atoms with Crippen LogP contribution in [0.2, 0.25) is 0 Å². The van der Waals surface area contributed by atoms with Gasteiger partial charge in [0.25, 0.3) is 0 Å². The average molecular weight is 372 g/mol. The zero-order valence-electron chi connectivity index (χ0n) is 15.4. The Labute approximate surface area is 157 Å². The fourth-order valence-electron chi connectivity index (χ4n) is 5.14. The number of hydrogen-bond donors (Lipinski definition) is 1. The van der Waals surface area contributed by atoms with Gasteiger partial charge in [-0.05, 0) is 12.8 Å². The predicted octanol–water partition coefficient (Wildman–Crippen LogP) is 0.973. The van der Waals surface area contributed by atoms with Crippen LogP contribution in [0.5, 0.6) is 0 Å². The van der Waals surface area contributed by atoms with Crippen LogP contribution in [-0.2, 0) is 27.3 Å². The number of aryl methyl sites for hydroxylation is 1. The summed E-state index contributed by atoms with van der Waals surface area (Å²) in [6.45, 7) is 2.69. The molecule has 4 aliphatic rings. The van der Waals surface area contributed by atoms with Gasteiger partial charge < -0.3 is 19.5 Å². The number of ether oxygens (including phenoxy) is 1. The number of carbonyl (C=O) groups excluding carboxylic acids is 2. The molecular formula is C19H24N4O4. The van der Waals surface area contributed by atoms with Crippen LogP contribution in [0.1, 0.15) is 44.3 Å². The summed E-state index contributed by atoms with van der Waals surface area (Å²) in [5.74, 6) is -0.0409. The van der Waals surface area contributed by atoms with Gasteiger partial charge in [-0.15, -0.1) is 0 Å². The van der Waals surface area contributed by atoms with Crippen molar-refractivity contribution >= 4 is 11.8 Å². The third-order valence-electron chi connectivity index (χ3n) is 6.43. The van der Waals surface area contributed by atoms with Crippen LogP contribution in [0.15, 0.2) is 16.7 Å². The van der Waals surface area contributed by atoms with Crippen molar-refractivity contribution in [1.82, 2.24) is 20.4 Å². The van der Waals surface area contributed by atoms with Crippen LogP contribution in [0.3, 0.4) is 0 Å². The fraction of sp³-hybridized carbons (Fsp3) is 0.684. The Kier molecular flexibility index (Phi) is 3.86. The van der Waals surface area contributed by atoms with E-state index in [0.717, 1.165) is 12.8 Å². The summed E-state index contributed by atoms with van der Waals surface area (Å²) in [5.41, 5.74) is -0.631. The molecule has 1 aromatic heterocycles. The zero-order valence-corrected chi connectivity index (χ0v) is 15.4. The quantitative estimate of drug-likeness (QED) is 0.774. The maximum Gasteiger partial charge on any atom is 0.230 e. The maximum atomic E-state index is 13.2. The minimum atomic E-state index is -0.631. The highest BCUT2D eigenvalue weighted by atomic mass is 16.5. The predicted molar refractivity (Wildman–Crippen MR) is 93.2 cm³/mol. The molecule has 2 saturated heterocycles. The second kappa shape index (κ2) is 6.15. The van der Waals surface area contributed by atoms with Gasteiger partial charge in [0.1, 0.15) is 5.60 Å². The number of hydrogen-bond acceptors (Lipinski definition) is 6. The molecule has 8 nitrogen and oxygen atoms in total. The molecule has 1 spiro atoms. The molecule has 3 aliphatic heterocycles. The van der Waals surface area contributed by atoms with E-state index in [1.54, 1.807) is 0 Å². The Balaban J connectivity index is 1.32. The molecule has 4 atom stereocenters. The number of amides is 2.